The molecule has 0 saturated heterocycles. The van der Waals surface area contributed by atoms with Gasteiger partial charge >= 0.3 is 5.97 Å². The average molecular weight is 442 g/mol. The van der Waals surface area contributed by atoms with Gasteiger partial charge in [0.15, 0.2) is 0 Å². The number of carboxylic acids is 1. The number of rotatable bonds is 2. The number of aromatic carboxylic acids is 1. The number of hydrogen-bond donors (Lipinski definition) is 2. The molecule has 0 unspecified atom stereocenters. The highest BCUT2D eigenvalue weighted by Crippen LogP contribution is 2.55. The number of hydrogen-bond acceptors (Lipinski definition) is 2. The van der Waals surface area contributed by atoms with Crippen LogP contribution in [0.3, 0.4) is 0 Å². The molecule has 34 heavy (non-hydrogen) atoms. The van der Waals surface area contributed by atoms with E-state index >= 15 is 0 Å². The van der Waals surface area contributed by atoms with Crippen molar-refractivity contribution in [2.45, 2.75) is 18.4 Å². The van der Waals surface area contributed by atoms with Gasteiger partial charge in [0, 0.05) is 11.6 Å². The van der Waals surface area contributed by atoms with Crippen LogP contribution in [-0.4, -0.2) is 11.1 Å². The molecular weight excluding hydrogens is 418 g/mol. The summed E-state index contributed by atoms with van der Waals surface area (Å²) in [5.41, 5.74) is 6.50. The monoisotopic (exact) mass is 441 g/mol. The van der Waals surface area contributed by atoms with Crippen LogP contribution < -0.4 is 5.32 Å². The second-order valence-corrected chi connectivity index (χ2v) is 9.51. The van der Waals surface area contributed by atoms with E-state index in [0.717, 1.165) is 17.7 Å². The topological polar surface area (TPSA) is 49.3 Å². The summed E-state index contributed by atoms with van der Waals surface area (Å²) < 4.78 is 0. The zero-order valence-electron chi connectivity index (χ0n) is 18.5. The molecule has 1 aliphatic carbocycles. The molecule has 1 heterocycles. The molecule has 1 aliphatic heterocycles. The Morgan fingerprint density at radius 2 is 1.44 bits per heavy atom. The van der Waals surface area contributed by atoms with Crippen molar-refractivity contribution in [3.63, 3.8) is 0 Å². The fraction of sp³-hybridized carbons (Fsp3) is 0.129. The van der Waals surface area contributed by atoms with E-state index in [9.17, 15) is 9.90 Å². The minimum Gasteiger partial charge on any atom is -0.478 e. The van der Waals surface area contributed by atoms with E-state index in [4.69, 9.17) is 0 Å². The van der Waals surface area contributed by atoms with Crippen LogP contribution in [0, 0.1) is 5.92 Å². The van der Waals surface area contributed by atoms with Gasteiger partial charge in [-0.3, -0.25) is 0 Å². The van der Waals surface area contributed by atoms with E-state index in [0.29, 0.717) is 11.5 Å². The second-order valence-electron chi connectivity index (χ2n) is 9.51. The van der Waals surface area contributed by atoms with Gasteiger partial charge in [0.2, 0.25) is 0 Å². The summed E-state index contributed by atoms with van der Waals surface area (Å²) in [4.78, 5) is 11.8. The first-order chi connectivity index (χ1) is 16.7. The van der Waals surface area contributed by atoms with E-state index in [-0.39, 0.29) is 12.0 Å². The Bertz CT molecular complexity index is 1570. The third-order valence-electron chi connectivity index (χ3n) is 7.77. The Morgan fingerprint density at radius 3 is 2.18 bits per heavy atom. The summed E-state index contributed by atoms with van der Waals surface area (Å²) in [5, 5.41) is 18.6. The van der Waals surface area contributed by atoms with Crippen LogP contribution in [0.15, 0.2) is 97.1 Å². The van der Waals surface area contributed by atoms with E-state index in [2.05, 4.69) is 84.2 Å². The molecule has 0 spiro atoms. The molecule has 2 aliphatic rings. The highest BCUT2D eigenvalue weighted by molar-refractivity contribution is 6.03. The molecule has 5 aromatic carbocycles. The maximum atomic E-state index is 11.8. The van der Waals surface area contributed by atoms with Crippen LogP contribution in [0.1, 0.15) is 44.6 Å². The van der Waals surface area contributed by atoms with E-state index < -0.39 is 5.97 Å². The van der Waals surface area contributed by atoms with Gasteiger partial charge in [-0.25, -0.2) is 4.79 Å². The lowest BCUT2D eigenvalue weighted by atomic mass is 9.73. The summed E-state index contributed by atoms with van der Waals surface area (Å²) in [6.45, 7) is 0. The maximum absolute atomic E-state index is 11.8. The molecule has 5 aromatic rings. The van der Waals surface area contributed by atoms with E-state index in [1.54, 1.807) is 6.07 Å². The normalized spacial score (nSPS) is 20.4. The van der Waals surface area contributed by atoms with Gasteiger partial charge in [0.05, 0.1) is 11.6 Å². The van der Waals surface area contributed by atoms with Crippen LogP contribution in [0.25, 0.3) is 21.5 Å². The highest BCUT2D eigenvalue weighted by atomic mass is 16.4. The predicted molar refractivity (Wildman–Crippen MR) is 137 cm³/mol. The van der Waals surface area contributed by atoms with Gasteiger partial charge in [-0.15, -0.1) is 0 Å². The Balaban J connectivity index is 1.52. The van der Waals surface area contributed by atoms with E-state index in [1.165, 1.54) is 38.2 Å². The Labute approximate surface area is 197 Å². The van der Waals surface area contributed by atoms with Crippen molar-refractivity contribution in [1.29, 1.82) is 0 Å². The maximum Gasteiger partial charge on any atom is 0.335 e. The van der Waals surface area contributed by atoms with Crippen LogP contribution in [0.4, 0.5) is 5.69 Å². The lowest BCUT2D eigenvalue weighted by Crippen LogP contribution is -2.31. The molecule has 0 aromatic heterocycles. The van der Waals surface area contributed by atoms with Gasteiger partial charge in [-0.05, 0) is 80.4 Å². The molecule has 3 heteroatoms. The number of carbonyl (C=O) groups is 1. The van der Waals surface area contributed by atoms with Crippen molar-refractivity contribution in [3.8, 4) is 0 Å². The van der Waals surface area contributed by atoms with E-state index in [1.807, 2.05) is 12.1 Å². The van der Waals surface area contributed by atoms with Gasteiger partial charge in [-0.1, -0.05) is 72.8 Å². The molecule has 0 bridgehead atoms. The lowest BCUT2D eigenvalue weighted by Gasteiger charge is -2.39. The molecular formula is C31H23NO2. The minimum atomic E-state index is -0.882. The Kier molecular flexibility index (Phi) is 4.10. The van der Waals surface area contributed by atoms with Crippen LogP contribution in [-0.2, 0) is 6.42 Å². The fourth-order valence-electron chi connectivity index (χ4n) is 6.36. The summed E-state index contributed by atoms with van der Waals surface area (Å²) >= 11 is 0. The van der Waals surface area contributed by atoms with Crippen molar-refractivity contribution in [3.05, 3.63) is 125 Å². The van der Waals surface area contributed by atoms with Crippen molar-refractivity contribution in [1.82, 2.24) is 0 Å². The summed E-state index contributed by atoms with van der Waals surface area (Å²) in [5.74, 6) is -0.426. The van der Waals surface area contributed by atoms with Gasteiger partial charge in [0.1, 0.15) is 0 Å². The van der Waals surface area contributed by atoms with Crippen LogP contribution in [0.2, 0.25) is 0 Å². The van der Waals surface area contributed by atoms with Crippen molar-refractivity contribution >= 4 is 33.2 Å². The third-order valence-corrected chi connectivity index (χ3v) is 7.77. The number of fused-ring (bicyclic) bond motifs is 7. The molecule has 164 valence electrons. The SMILES string of the molecule is O=C(O)c1ccc2c(c1)[C@@H]1c3ccccc3C[C@@H]1[C@@H](c1c3ccccc3cc3ccccc13)N2. The van der Waals surface area contributed by atoms with Gasteiger partial charge in [0.25, 0.3) is 0 Å². The zero-order valence-corrected chi connectivity index (χ0v) is 18.5. The smallest absolute Gasteiger partial charge is 0.335 e. The predicted octanol–water partition coefficient (Wildman–Crippen LogP) is 7.16. The summed E-state index contributed by atoms with van der Waals surface area (Å²) in [7, 11) is 0. The zero-order chi connectivity index (χ0) is 22.8. The molecule has 0 saturated carbocycles. The van der Waals surface area contributed by atoms with Crippen LogP contribution >= 0.6 is 0 Å². The number of benzene rings is 5. The molecule has 3 nitrogen and oxygen atoms in total. The number of nitrogens with one attached hydrogen (secondary N) is 1. The number of anilines is 1. The van der Waals surface area contributed by atoms with Crippen molar-refractivity contribution < 1.29 is 9.90 Å². The first-order valence-electron chi connectivity index (χ1n) is 11.8. The lowest BCUT2D eigenvalue weighted by molar-refractivity contribution is 0.0696. The quantitative estimate of drug-likeness (QED) is 0.286. The summed E-state index contributed by atoms with van der Waals surface area (Å²) in [6, 6.07) is 33.9. The molecule has 7 rings (SSSR count). The fourth-order valence-corrected chi connectivity index (χ4v) is 6.36. The Hall–Kier alpha value is -4.11. The molecule has 3 atom stereocenters. The number of carboxylic acid groups (broad SMARTS) is 1. The van der Waals surface area contributed by atoms with Gasteiger partial charge < -0.3 is 10.4 Å². The average Bonchev–Trinajstić information content (AvgIpc) is 3.26. The largest absolute Gasteiger partial charge is 0.478 e. The highest BCUT2D eigenvalue weighted by Gasteiger charge is 2.44. The van der Waals surface area contributed by atoms with Crippen molar-refractivity contribution in [2.75, 3.05) is 5.32 Å². The first-order valence-corrected chi connectivity index (χ1v) is 11.8. The standard InChI is InChI=1S/C31H23NO2/c33-31(34)21-13-14-27-25(17-21)28-22-10-4-3-9-20(22)16-26(28)30(32-27)29-23-11-5-1-7-18(23)15-19-8-2-6-12-24(19)29/h1-15,17,26,28,30,32H,16H2,(H,33,34)/t26-,28-,30-/m0/s1. The summed E-state index contributed by atoms with van der Waals surface area (Å²) in [6.07, 6.45) is 0.965. The molecule has 0 fully saturated rings. The molecule has 0 amide bonds. The first kappa shape index (κ1) is 19.4. The van der Waals surface area contributed by atoms with Gasteiger partial charge in [-0.2, -0.15) is 0 Å². The molecule has 2 N–H and O–H groups in total. The minimum absolute atomic E-state index is 0.108. The second kappa shape index (κ2) is 7.19. The molecule has 0 radical (unpaired) electrons. The Morgan fingerprint density at radius 1 is 0.765 bits per heavy atom. The van der Waals surface area contributed by atoms with Crippen LogP contribution in [0.5, 0.6) is 0 Å². The van der Waals surface area contributed by atoms with Crippen molar-refractivity contribution in [2.24, 2.45) is 5.92 Å². The third kappa shape index (κ3) is 2.73.